The molecule has 3 heterocycles. The van der Waals surface area contributed by atoms with Gasteiger partial charge in [-0.2, -0.15) is 5.21 Å². The van der Waals surface area contributed by atoms with Crippen LogP contribution in [0.1, 0.15) is 56.3 Å². The number of nitrogens with one attached hydrogen (secondary N) is 2. The summed E-state index contributed by atoms with van der Waals surface area (Å²) in [6, 6.07) is 16.1. The Morgan fingerprint density at radius 2 is 1.79 bits per heavy atom. The summed E-state index contributed by atoms with van der Waals surface area (Å²) in [5, 5.41) is 21.1. The number of H-pyrrole nitrogens is 2. The van der Waals surface area contributed by atoms with E-state index in [0.717, 1.165) is 53.8 Å². The monoisotopic (exact) mass is 524 g/mol. The summed E-state index contributed by atoms with van der Waals surface area (Å²) in [6.45, 7) is 1.78. The fourth-order valence-corrected chi connectivity index (χ4v) is 5.34. The molecule has 0 bridgehead atoms. The van der Waals surface area contributed by atoms with Gasteiger partial charge >= 0.3 is 0 Å². The van der Waals surface area contributed by atoms with Crippen molar-refractivity contribution in [3.05, 3.63) is 70.3 Å². The van der Waals surface area contributed by atoms with E-state index < -0.39 is 0 Å². The van der Waals surface area contributed by atoms with Crippen molar-refractivity contribution < 1.29 is 9.53 Å². The van der Waals surface area contributed by atoms with Crippen molar-refractivity contribution in [1.82, 2.24) is 40.4 Å². The Hall–Kier alpha value is -4.67. The molecule has 0 radical (unpaired) electrons. The molecule has 1 fully saturated rings. The lowest BCUT2D eigenvalue weighted by Crippen LogP contribution is -2.18. The number of ether oxygens (including phenoxy) is 1. The zero-order chi connectivity index (χ0) is 26.8. The summed E-state index contributed by atoms with van der Waals surface area (Å²) < 4.78 is 7.62. The number of ketones is 1. The highest BCUT2D eigenvalue weighted by atomic mass is 16.5. The Labute approximate surface area is 223 Å². The lowest BCUT2D eigenvalue weighted by Gasteiger charge is -2.22. The quantitative estimate of drug-likeness (QED) is 0.310. The van der Waals surface area contributed by atoms with Crippen molar-refractivity contribution in [2.24, 2.45) is 0 Å². The van der Waals surface area contributed by atoms with Crippen LogP contribution >= 0.6 is 0 Å². The number of tetrazole rings is 1. The zero-order valence-electron chi connectivity index (χ0n) is 21.6. The van der Waals surface area contributed by atoms with Gasteiger partial charge < -0.3 is 9.30 Å². The third-order valence-electron chi connectivity index (χ3n) is 7.18. The second kappa shape index (κ2) is 10.6. The van der Waals surface area contributed by atoms with Crippen molar-refractivity contribution in [1.29, 1.82) is 0 Å². The molecule has 1 saturated carbocycles. The Morgan fingerprint density at radius 1 is 1.03 bits per heavy atom. The van der Waals surface area contributed by atoms with E-state index in [1.807, 2.05) is 28.8 Å². The van der Waals surface area contributed by atoms with Crippen LogP contribution in [0.2, 0.25) is 0 Å². The highest BCUT2D eigenvalue weighted by Gasteiger charge is 2.26. The fourth-order valence-electron chi connectivity index (χ4n) is 5.34. The molecule has 11 heteroatoms. The lowest BCUT2D eigenvalue weighted by atomic mass is 9.88. The van der Waals surface area contributed by atoms with Crippen LogP contribution < -0.4 is 10.3 Å². The van der Waals surface area contributed by atoms with Gasteiger partial charge in [0.15, 0.2) is 11.3 Å². The number of Topliss-reactive ketones (excluding diaryl/α,β-unsaturated/α-hetero) is 1. The van der Waals surface area contributed by atoms with Crippen LogP contribution in [0, 0.1) is 0 Å². The molecule has 0 atom stereocenters. The third kappa shape index (κ3) is 4.95. The molecule has 198 valence electrons. The summed E-state index contributed by atoms with van der Waals surface area (Å²) in [6.07, 6.45) is 5.50. The van der Waals surface area contributed by atoms with Crippen molar-refractivity contribution >= 4 is 16.8 Å². The number of fused-ring (bicyclic) bond motifs is 1. The Kier molecular flexibility index (Phi) is 6.70. The highest BCUT2D eigenvalue weighted by Crippen LogP contribution is 2.35. The van der Waals surface area contributed by atoms with Crippen LogP contribution in [0.5, 0.6) is 5.88 Å². The molecule has 0 spiro atoms. The molecule has 1 aliphatic carbocycles. The van der Waals surface area contributed by atoms with Gasteiger partial charge in [-0.25, -0.2) is 10.1 Å². The van der Waals surface area contributed by atoms with Gasteiger partial charge in [0.2, 0.25) is 5.82 Å². The second-order valence-corrected chi connectivity index (χ2v) is 9.91. The maximum Gasteiger partial charge on any atom is 0.290 e. The highest BCUT2D eigenvalue weighted by molar-refractivity contribution is 5.82. The first-order valence-electron chi connectivity index (χ1n) is 13.1. The number of carbonyl (C=O) groups excluding carboxylic acids is 1. The van der Waals surface area contributed by atoms with Gasteiger partial charge in [0, 0.05) is 18.0 Å². The average molecular weight is 525 g/mol. The Balaban J connectivity index is 1.38. The molecule has 39 heavy (non-hydrogen) atoms. The van der Waals surface area contributed by atoms with Crippen LogP contribution in [0.15, 0.2) is 53.3 Å². The molecule has 0 unspecified atom stereocenters. The van der Waals surface area contributed by atoms with E-state index in [9.17, 15) is 9.59 Å². The summed E-state index contributed by atoms with van der Waals surface area (Å²) in [4.78, 5) is 29.5. The normalized spacial score (nSPS) is 14.1. The minimum absolute atomic E-state index is 0.132. The van der Waals surface area contributed by atoms with Crippen LogP contribution in [0.25, 0.3) is 33.5 Å². The first-order chi connectivity index (χ1) is 19.1. The Bertz CT molecular complexity index is 1670. The van der Waals surface area contributed by atoms with E-state index in [4.69, 9.17) is 9.72 Å². The molecule has 11 nitrogen and oxygen atoms in total. The summed E-state index contributed by atoms with van der Waals surface area (Å²) in [5.74, 6) is 1.68. The maximum absolute atomic E-state index is 13.0. The molecule has 6 rings (SSSR count). The van der Waals surface area contributed by atoms with E-state index in [2.05, 4.69) is 55.1 Å². The number of hydrogen-bond donors (Lipinski definition) is 2. The number of benzene rings is 2. The van der Waals surface area contributed by atoms with Gasteiger partial charge in [-0.05, 0) is 41.7 Å². The maximum atomic E-state index is 13.0. The largest absolute Gasteiger partial charge is 0.467 e. The van der Waals surface area contributed by atoms with E-state index in [1.165, 1.54) is 13.3 Å². The number of rotatable bonds is 8. The number of nitrogens with zero attached hydrogens (tertiary/aromatic N) is 6. The fraction of sp³-hybridized carbons (Fsp3) is 0.321. The molecule has 2 aromatic carbocycles. The molecule has 3 aromatic heterocycles. The number of imidazole rings is 1. The predicted molar refractivity (Wildman–Crippen MR) is 144 cm³/mol. The molecule has 5 aromatic rings. The lowest BCUT2D eigenvalue weighted by molar-refractivity contribution is -0.118. The molecule has 0 amide bonds. The smallest absolute Gasteiger partial charge is 0.290 e. The van der Waals surface area contributed by atoms with Crippen molar-refractivity contribution in [3.8, 4) is 28.4 Å². The molecular weight excluding hydrogens is 496 g/mol. The zero-order valence-corrected chi connectivity index (χ0v) is 21.6. The molecule has 0 aliphatic heterocycles. The van der Waals surface area contributed by atoms with Crippen molar-refractivity contribution in [2.45, 2.75) is 51.5 Å². The van der Waals surface area contributed by atoms with Gasteiger partial charge in [-0.15, -0.1) is 15.3 Å². The number of hydrogen-bond acceptors (Lipinski definition) is 8. The van der Waals surface area contributed by atoms with Gasteiger partial charge in [0.1, 0.15) is 17.9 Å². The third-order valence-corrected chi connectivity index (χ3v) is 7.18. The standard InChI is InChI=1S/C28H28N8O3/c1-17(37)16-39-28-23-24(27(38)32-33-28)36(26(29-23)20-7-3-2-4-8-20)15-18-11-13-19(14-12-18)21-9-5-6-10-22(21)25-30-34-35-31-25/h5-6,9-14,20H,2-4,7-8,15-16H2,1H3,(H,32,38)(H,30,31,34,35). The number of carbonyl (C=O) groups is 1. The van der Waals surface area contributed by atoms with Crippen molar-refractivity contribution in [3.63, 3.8) is 0 Å². The van der Waals surface area contributed by atoms with E-state index in [1.54, 1.807) is 0 Å². The van der Waals surface area contributed by atoms with Crippen LogP contribution in [0.4, 0.5) is 0 Å². The van der Waals surface area contributed by atoms with Crippen LogP contribution in [0.3, 0.4) is 0 Å². The molecule has 1 aliphatic rings. The average Bonchev–Trinajstić information content (AvgIpc) is 3.63. The van der Waals surface area contributed by atoms with Gasteiger partial charge in [-0.3, -0.25) is 9.59 Å². The van der Waals surface area contributed by atoms with E-state index >= 15 is 0 Å². The molecule has 2 N–H and O–H groups in total. The van der Waals surface area contributed by atoms with E-state index in [0.29, 0.717) is 23.4 Å². The van der Waals surface area contributed by atoms with Gasteiger partial charge in [0.05, 0.1) is 0 Å². The SMILES string of the molecule is CC(=O)COc1n[nH]c(=O)c2c1nc(C1CCCCC1)n2Cc1ccc(-c2ccccc2-c2nn[nH]n2)cc1. The number of aromatic nitrogens is 8. The summed E-state index contributed by atoms with van der Waals surface area (Å²) in [5.41, 5.74) is 4.40. The van der Waals surface area contributed by atoms with Gasteiger partial charge in [-0.1, -0.05) is 67.8 Å². The van der Waals surface area contributed by atoms with Crippen LogP contribution in [-0.4, -0.2) is 52.8 Å². The van der Waals surface area contributed by atoms with Gasteiger partial charge in [0.25, 0.3) is 11.4 Å². The first-order valence-corrected chi connectivity index (χ1v) is 13.1. The predicted octanol–water partition coefficient (Wildman–Crippen LogP) is 4.03. The summed E-state index contributed by atoms with van der Waals surface area (Å²) in [7, 11) is 0. The minimum atomic E-state index is -0.333. The molecule has 0 saturated heterocycles. The molecular formula is C28H28N8O3. The van der Waals surface area contributed by atoms with E-state index in [-0.39, 0.29) is 29.7 Å². The topological polar surface area (TPSA) is 144 Å². The van der Waals surface area contributed by atoms with Crippen molar-refractivity contribution in [2.75, 3.05) is 6.61 Å². The first kappa shape index (κ1) is 24.7. The minimum Gasteiger partial charge on any atom is -0.467 e. The Morgan fingerprint density at radius 3 is 2.51 bits per heavy atom. The summed E-state index contributed by atoms with van der Waals surface area (Å²) >= 11 is 0. The second-order valence-electron chi connectivity index (χ2n) is 9.91. The number of aromatic amines is 2. The van der Waals surface area contributed by atoms with Crippen LogP contribution in [-0.2, 0) is 11.3 Å².